The van der Waals surface area contributed by atoms with Gasteiger partial charge in [-0.25, -0.2) is 9.97 Å². The van der Waals surface area contributed by atoms with Crippen molar-refractivity contribution in [2.45, 2.75) is 0 Å². The summed E-state index contributed by atoms with van der Waals surface area (Å²) in [5, 5.41) is 2.91. The number of carbonyl (C=O) groups excluding carboxylic acids is 1. The molecule has 0 aliphatic carbocycles. The van der Waals surface area contributed by atoms with Crippen molar-refractivity contribution < 1.29 is 4.79 Å². The first-order valence-corrected chi connectivity index (χ1v) is 8.32. The Bertz CT molecular complexity index is 1180. The lowest BCUT2D eigenvalue weighted by molar-refractivity contribution is -0.110. The zero-order valence-electron chi connectivity index (χ0n) is 13.8. The molecule has 1 amide bonds. The summed E-state index contributed by atoms with van der Waals surface area (Å²) in [6.07, 6.45) is 5.52. The molecule has 5 rings (SSSR count). The second-order valence-corrected chi connectivity index (χ2v) is 6.06. The van der Waals surface area contributed by atoms with E-state index < -0.39 is 0 Å². The monoisotopic (exact) mass is 338 g/mol. The number of amides is 1. The van der Waals surface area contributed by atoms with Gasteiger partial charge in [-0.05, 0) is 18.2 Å². The van der Waals surface area contributed by atoms with Crippen molar-refractivity contribution in [2.24, 2.45) is 0 Å². The zero-order valence-corrected chi connectivity index (χ0v) is 13.8. The number of hydrogen-bond donors (Lipinski definition) is 1. The Morgan fingerprint density at radius 3 is 2.65 bits per heavy atom. The Hall–Kier alpha value is -3.73. The van der Waals surface area contributed by atoms with Crippen LogP contribution in [0.5, 0.6) is 0 Å². The molecule has 5 nitrogen and oxygen atoms in total. The molecule has 1 aliphatic rings. The lowest BCUT2D eigenvalue weighted by atomic mass is 10.0. The molecule has 124 valence electrons. The lowest BCUT2D eigenvalue weighted by Crippen LogP contribution is -2.04. The minimum atomic E-state index is -0.107. The van der Waals surface area contributed by atoms with E-state index in [0.717, 1.165) is 28.2 Å². The highest BCUT2D eigenvalue weighted by Gasteiger charge is 2.25. The molecule has 0 bridgehead atoms. The van der Waals surface area contributed by atoms with Crippen molar-refractivity contribution >= 4 is 29.0 Å². The molecule has 0 atom stereocenters. The van der Waals surface area contributed by atoms with Gasteiger partial charge in [-0.3, -0.25) is 9.20 Å². The fourth-order valence-corrected chi connectivity index (χ4v) is 3.27. The summed E-state index contributed by atoms with van der Waals surface area (Å²) in [6.45, 7) is 0. The van der Waals surface area contributed by atoms with Crippen molar-refractivity contribution in [3.8, 4) is 11.3 Å². The van der Waals surface area contributed by atoms with Crippen molar-refractivity contribution in [1.29, 1.82) is 0 Å². The summed E-state index contributed by atoms with van der Waals surface area (Å²) in [7, 11) is 0. The van der Waals surface area contributed by atoms with Gasteiger partial charge in [-0.2, -0.15) is 0 Å². The van der Waals surface area contributed by atoms with Gasteiger partial charge < -0.3 is 5.32 Å². The Balaban J connectivity index is 1.78. The van der Waals surface area contributed by atoms with Gasteiger partial charge in [0.15, 0.2) is 0 Å². The van der Waals surface area contributed by atoms with E-state index in [1.807, 2.05) is 77.3 Å². The third-order valence-corrected chi connectivity index (χ3v) is 4.48. The smallest absolute Gasteiger partial charge is 0.256 e. The fourth-order valence-electron chi connectivity index (χ4n) is 3.27. The first-order valence-electron chi connectivity index (χ1n) is 8.32. The van der Waals surface area contributed by atoms with Crippen molar-refractivity contribution in [2.75, 3.05) is 5.32 Å². The summed E-state index contributed by atoms with van der Waals surface area (Å²) >= 11 is 0. The predicted octanol–water partition coefficient (Wildman–Crippen LogP) is 3.89. The number of anilines is 1. The number of benzene rings is 2. The molecule has 2 aromatic carbocycles. The van der Waals surface area contributed by atoms with Gasteiger partial charge in [0.05, 0.1) is 17.0 Å². The van der Waals surface area contributed by atoms with E-state index >= 15 is 0 Å². The number of nitrogens with one attached hydrogen (secondary N) is 1. The Morgan fingerprint density at radius 2 is 1.77 bits per heavy atom. The molecule has 0 radical (unpaired) electrons. The Kier molecular flexibility index (Phi) is 3.18. The summed E-state index contributed by atoms with van der Waals surface area (Å²) in [4.78, 5) is 21.5. The summed E-state index contributed by atoms with van der Waals surface area (Å²) in [5.41, 5.74) is 4.97. The molecular formula is C21H14N4O. The number of imidazole rings is 1. The molecule has 0 saturated carbocycles. The van der Waals surface area contributed by atoms with Gasteiger partial charge in [0.2, 0.25) is 5.78 Å². The second-order valence-electron chi connectivity index (χ2n) is 6.06. The largest absolute Gasteiger partial charge is 0.321 e. The fraction of sp³-hybridized carbons (Fsp3) is 0. The van der Waals surface area contributed by atoms with Gasteiger partial charge in [0, 0.05) is 29.2 Å². The van der Waals surface area contributed by atoms with Crippen LogP contribution in [-0.2, 0) is 4.79 Å². The average Bonchev–Trinajstić information content (AvgIpc) is 3.21. The highest BCUT2D eigenvalue weighted by molar-refractivity contribution is 6.35. The van der Waals surface area contributed by atoms with Crippen LogP contribution in [-0.4, -0.2) is 20.3 Å². The maximum absolute atomic E-state index is 12.5. The van der Waals surface area contributed by atoms with Crippen LogP contribution in [0.1, 0.15) is 11.3 Å². The first-order chi connectivity index (χ1) is 12.8. The number of fused-ring (bicyclic) bond motifs is 2. The molecule has 3 heterocycles. The first kappa shape index (κ1) is 14.6. The van der Waals surface area contributed by atoms with Crippen LogP contribution in [0.15, 0.2) is 73.1 Å². The minimum Gasteiger partial charge on any atom is -0.321 e. The van der Waals surface area contributed by atoms with Crippen molar-refractivity contribution in [3.05, 3.63) is 84.3 Å². The molecule has 1 N–H and O–H groups in total. The number of para-hydroxylation sites is 1. The van der Waals surface area contributed by atoms with Crippen molar-refractivity contribution in [1.82, 2.24) is 14.4 Å². The van der Waals surface area contributed by atoms with Gasteiger partial charge in [-0.1, -0.05) is 48.5 Å². The molecule has 1 aliphatic heterocycles. The highest BCUT2D eigenvalue weighted by Crippen LogP contribution is 2.34. The van der Waals surface area contributed by atoms with Crippen molar-refractivity contribution in [3.63, 3.8) is 0 Å². The minimum absolute atomic E-state index is 0.107. The maximum Gasteiger partial charge on any atom is 0.256 e. The second kappa shape index (κ2) is 5.67. The molecular weight excluding hydrogens is 324 g/mol. The molecule has 26 heavy (non-hydrogen) atoms. The molecule has 5 heteroatoms. The number of hydrogen-bond acceptors (Lipinski definition) is 3. The highest BCUT2D eigenvalue weighted by atomic mass is 16.2. The molecule has 0 fully saturated rings. The molecule has 4 aromatic rings. The average molecular weight is 338 g/mol. The van der Waals surface area contributed by atoms with Crippen LogP contribution in [0.2, 0.25) is 0 Å². The normalized spacial score (nSPS) is 14.6. The third kappa shape index (κ3) is 2.22. The molecule has 0 unspecified atom stereocenters. The number of aromatic nitrogens is 3. The predicted molar refractivity (Wildman–Crippen MR) is 101 cm³/mol. The molecule has 2 aromatic heterocycles. The van der Waals surface area contributed by atoms with Gasteiger partial charge in [0.25, 0.3) is 5.91 Å². The van der Waals surface area contributed by atoms with E-state index in [1.54, 1.807) is 6.20 Å². The van der Waals surface area contributed by atoms with Gasteiger partial charge >= 0.3 is 0 Å². The third-order valence-electron chi connectivity index (χ3n) is 4.48. The van der Waals surface area contributed by atoms with E-state index in [4.69, 9.17) is 0 Å². The van der Waals surface area contributed by atoms with Gasteiger partial charge in [-0.15, -0.1) is 0 Å². The van der Waals surface area contributed by atoms with E-state index in [1.165, 1.54) is 0 Å². The van der Waals surface area contributed by atoms with E-state index in [-0.39, 0.29) is 5.91 Å². The molecule has 0 spiro atoms. The van der Waals surface area contributed by atoms with Crippen LogP contribution in [0.4, 0.5) is 5.69 Å². The van der Waals surface area contributed by atoms with Crippen LogP contribution in [0.3, 0.4) is 0 Å². The topological polar surface area (TPSA) is 59.3 Å². The van der Waals surface area contributed by atoms with Gasteiger partial charge in [0.1, 0.15) is 0 Å². The quantitative estimate of drug-likeness (QED) is 0.564. The van der Waals surface area contributed by atoms with Crippen LogP contribution in [0, 0.1) is 0 Å². The SMILES string of the molecule is O=C1Nc2ccccc2/C1=C/c1c(-c2ccccc2)nc2ncccn12. The zero-order chi connectivity index (χ0) is 17.5. The number of carbonyl (C=O) groups is 1. The summed E-state index contributed by atoms with van der Waals surface area (Å²) < 4.78 is 1.91. The van der Waals surface area contributed by atoms with Crippen LogP contribution in [0.25, 0.3) is 28.7 Å². The number of nitrogens with zero attached hydrogens (tertiary/aromatic N) is 3. The van der Waals surface area contributed by atoms with E-state index in [9.17, 15) is 4.79 Å². The van der Waals surface area contributed by atoms with Crippen LogP contribution < -0.4 is 5.32 Å². The maximum atomic E-state index is 12.5. The molecule has 0 saturated heterocycles. The van der Waals surface area contributed by atoms with E-state index in [0.29, 0.717) is 11.4 Å². The van der Waals surface area contributed by atoms with E-state index in [2.05, 4.69) is 15.3 Å². The standard InChI is InChI=1S/C21H14N4O/c26-20-16(15-9-4-5-10-17(15)23-20)13-18-19(14-7-2-1-3-8-14)24-21-22-11-6-12-25(18)21/h1-13H,(H,23,26)/b16-13-. The Labute approximate surface area is 149 Å². The summed E-state index contributed by atoms with van der Waals surface area (Å²) in [6, 6.07) is 19.5. The lowest BCUT2D eigenvalue weighted by Gasteiger charge is -2.02. The van der Waals surface area contributed by atoms with Crippen LogP contribution >= 0.6 is 0 Å². The summed E-state index contributed by atoms with van der Waals surface area (Å²) in [5.74, 6) is 0.494. The number of rotatable bonds is 2. The Morgan fingerprint density at radius 1 is 0.962 bits per heavy atom.